The van der Waals surface area contributed by atoms with Crippen molar-refractivity contribution in [3.63, 3.8) is 0 Å². The number of anilines is 1. The molecule has 0 atom stereocenters. The molecule has 20 heavy (non-hydrogen) atoms. The summed E-state index contributed by atoms with van der Waals surface area (Å²) in [5.41, 5.74) is 1.22. The first-order valence-corrected chi connectivity index (χ1v) is 6.12. The van der Waals surface area contributed by atoms with Crippen molar-refractivity contribution in [1.29, 1.82) is 0 Å². The number of aromatic hydroxyl groups is 1. The van der Waals surface area contributed by atoms with Crippen molar-refractivity contribution in [2.24, 2.45) is 0 Å². The Hall–Kier alpha value is -2.69. The van der Waals surface area contributed by atoms with Gasteiger partial charge in [0.1, 0.15) is 5.75 Å². The number of benzene rings is 2. The zero-order valence-electron chi connectivity index (χ0n) is 10.9. The molecule has 0 saturated carbocycles. The van der Waals surface area contributed by atoms with Crippen LogP contribution in [0.5, 0.6) is 17.2 Å². The van der Waals surface area contributed by atoms with Gasteiger partial charge in [-0.2, -0.15) is 0 Å². The molecule has 5 nitrogen and oxygen atoms in total. The third-order valence-electron chi connectivity index (χ3n) is 3.16. The lowest BCUT2D eigenvalue weighted by molar-refractivity contribution is 0.0992. The first-order chi connectivity index (χ1) is 9.65. The molecule has 102 valence electrons. The highest BCUT2D eigenvalue weighted by Crippen LogP contribution is 2.33. The predicted molar refractivity (Wildman–Crippen MR) is 73.4 cm³/mol. The number of nitrogens with zero attached hydrogens (tertiary/aromatic N) is 1. The molecule has 1 aliphatic heterocycles. The fourth-order valence-electron chi connectivity index (χ4n) is 2.02. The molecule has 1 heterocycles. The van der Waals surface area contributed by atoms with Gasteiger partial charge in [0.05, 0.1) is 0 Å². The van der Waals surface area contributed by atoms with Crippen molar-refractivity contribution in [3.8, 4) is 17.2 Å². The normalized spacial score (nSPS) is 12.2. The van der Waals surface area contributed by atoms with Crippen LogP contribution in [0.4, 0.5) is 5.69 Å². The molecular weight excluding hydrogens is 258 g/mol. The summed E-state index contributed by atoms with van der Waals surface area (Å²) in [4.78, 5) is 13.9. The van der Waals surface area contributed by atoms with Crippen molar-refractivity contribution < 1.29 is 19.4 Å². The monoisotopic (exact) mass is 271 g/mol. The first-order valence-electron chi connectivity index (χ1n) is 6.12. The summed E-state index contributed by atoms with van der Waals surface area (Å²) in [7, 11) is 1.68. The molecule has 2 aromatic rings. The minimum absolute atomic E-state index is 0.158. The van der Waals surface area contributed by atoms with Gasteiger partial charge in [-0.1, -0.05) is 0 Å². The largest absolute Gasteiger partial charge is 0.508 e. The van der Waals surface area contributed by atoms with E-state index in [1.807, 2.05) is 0 Å². The second-order valence-corrected chi connectivity index (χ2v) is 4.45. The van der Waals surface area contributed by atoms with Gasteiger partial charge in [-0.25, -0.2) is 0 Å². The number of amides is 1. The second kappa shape index (κ2) is 4.77. The fraction of sp³-hybridized carbons (Fsp3) is 0.133. The van der Waals surface area contributed by atoms with Gasteiger partial charge in [0.2, 0.25) is 6.79 Å². The zero-order chi connectivity index (χ0) is 14.1. The molecule has 2 aromatic carbocycles. The average Bonchev–Trinajstić information content (AvgIpc) is 2.94. The molecule has 1 N–H and O–H groups in total. The summed E-state index contributed by atoms with van der Waals surface area (Å²) in [6.45, 7) is 0.181. The molecule has 1 amide bonds. The van der Waals surface area contributed by atoms with Crippen LogP contribution in [0.1, 0.15) is 10.4 Å². The minimum atomic E-state index is -0.158. The number of hydrogen-bond acceptors (Lipinski definition) is 4. The summed E-state index contributed by atoms with van der Waals surface area (Å²) < 4.78 is 10.5. The Bertz CT molecular complexity index is 651. The molecule has 0 spiro atoms. The van der Waals surface area contributed by atoms with E-state index in [1.54, 1.807) is 49.5 Å². The van der Waals surface area contributed by atoms with E-state index in [9.17, 15) is 9.90 Å². The van der Waals surface area contributed by atoms with Gasteiger partial charge >= 0.3 is 0 Å². The summed E-state index contributed by atoms with van der Waals surface area (Å²) in [6.07, 6.45) is 0. The van der Waals surface area contributed by atoms with E-state index in [0.29, 0.717) is 22.7 Å². The van der Waals surface area contributed by atoms with E-state index < -0.39 is 0 Å². The summed E-state index contributed by atoms with van der Waals surface area (Å²) >= 11 is 0. The predicted octanol–water partition coefficient (Wildman–Crippen LogP) is 2.40. The van der Waals surface area contributed by atoms with E-state index in [0.717, 1.165) is 0 Å². The highest BCUT2D eigenvalue weighted by atomic mass is 16.7. The van der Waals surface area contributed by atoms with E-state index in [4.69, 9.17) is 9.47 Å². The standard InChI is InChI=1S/C15H13NO4/c1-16(11-3-5-12(17)6-4-11)15(18)10-2-7-13-14(8-10)20-9-19-13/h2-8,17H,9H2,1H3. The maximum Gasteiger partial charge on any atom is 0.258 e. The Kier molecular flexibility index (Phi) is 2.95. The van der Waals surface area contributed by atoms with Crippen LogP contribution >= 0.6 is 0 Å². The number of ether oxygens (including phenoxy) is 2. The minimum Gasteiger partial charge on any atom is -0.508 e. The Balaban J connectivity index is 1.86. The Morgan fingerprint density at radius 1 is 1.10 bits per heavy atom. The van der Waals surface area contributed by atoms with Gasteiger partial charge in [-0.15, -0.1) is 0 Å². The topological polar surface area (TPSA) is 59.0 Å². The quantitative estimate of drug-likeness (QED) is 0.911. The Morgan fingerprint density at radius 2 is 1.80 bits per heavy atom. The lowest BCUT2D eigenvalue weighted by Crippen LogP contribution is -2.26. The number of carbonyl (C=O) groups is 1. The van der Waals surface area contributed by atoms with Crippen LogP contribution in [-0.4, -0.2) is 24.9 Å². The molecule has 1 aliphatic rings. The van der Waals surface area contributed by atoms with Crippen LogP contribution in [0, 0.1) is 0 Å². The summed E-state index contributed by atoms with van der Waals surface area (Å²) in [5.74, 6) is 1.23. The summed E-state index contributed by atoms with van der Waals surface area (Å²) in [6, 6.07) is 11.5. The second-order valence-electron chi connectivity index (χ2n) is 4.45. The smallest absolute Gasteiger partial charge is 0.258 e. The average molecular weight is 271 g/mol. The van der Waals surface area contributed by atoms with Crippen molar-refractivity contribution in [3.05, 3.63) is 48.0 Å². The molecule has 0 saturated heterocycles. The molecule has 0 fully saturated rings. The van der Waals surface area contributed by atoms with Gasteiger partial charge in [0.15, 0.2) is 11.5 Å². The van der Waals surface area contributed by atoms with Crippen molar-refractivity contribution in [2.75, 3.05) is 18.7 Å². The van der Waals surface area contributed by atoms with Crippen LogP contribution in [-0.2, 0) is 0 Å². The van der Waals surface area contributed by atoms with Crippen LogP contribution in [0.2, 0.25) is 0 Å². The zero-order valence-corrected chi connectivity index (χ0v) is 10.9. The number of carbonyl (C=O) groups excluding carboxylic acids is 1. The Morgan fingerprint density at radius 3 is 2.55 bits per heavy atom. The first kappa shape index (κ1) is 12.3. The molecule has 5 heteroatoms. The van der Waals surface area contributed by atoms with Gasteiger partial charge in [-0.3, -0.25) is 4.79 Å². The van der Waals surface area contributed by atoms with E-state index >= 15 is 0 Å². The SMILES string of the molecule is CN(C(=O)c1ccc2c(c1)OCO2)c1ccc(O)cc1. The third-order valence-corrected chi connectivity index (χ3v) is 3.16. The lowest BCUT2D eigenvalue weighted by atomic mass is 10.1. The van der Waals surface area contributed by atoms with Gasteiger partial charge in [0, 0.05) is 18.3 Å². The van der Waals surface area contributed by atoms with Gasteiger partial charge < -0.3 is 19.5 Å². The van der Waals surface area contributed by atoms with Crippen molar-refractivity contribution in [1.82, 2.24) is 0 Å². The summed E-state index contributed by atoms with van der Waals surface area (Å²) in [5, 5.41) is 9.27. The maximum absolute atomic E-state index is 12.4. The molecule has 0 unspecified atom stereocenters. The lowest BCUT2D eigenvalue weighted by Gasteiger charge is -2.17. The van der Waals surface area contributed by atoms with E-state index in [2.05, 4.69) is 0 Å². The molecular formula is C15H13NO4. The number of phenols is 1. The van der Waals surface area contributed by atoms with Crippen LogP contribution in [0.15, 0.2) is 42.5 Å². The molecule has 0 aliphatic carbocycles. The van der Waals surface area contributed by atoms with Gasteiger partial charge in [-0.05, 0) is 42.5 Å². The fourth-order valence-corrected chi connectivity index (χ4v) is 2.02. The number of hydrogen-bond donors (Lipinski definition) is 1. The molecule has 3 rings (SSSR count). The van der Waals surface area contributed by atoms with E-state index in [-0.39, 0.29) is 18.4 Å². The van der Waals surface area contributed by atoms with Crippen LogP contribution in [0.25, 0.3) is 0 Å². The Labute approximate surface area is 116 Å². The highest BCUT2D eigenvalue weighted by molar-refractivity contribution is 6.06. The number of fused-ring (bicyclic) bond motifs is 1. The molecule has 0 radical (unpaired) electrons. The van der Waals surface area contributed by atoms with Crippen molar-refractivity contribution in [2.45, 2.75) is 0 Å². The molecule has 0 bridgehead atoms. The maximum atomic E-state index is 12.4. The number of phenolic OH excluding ortho intramolecular Hbond substituents is 1. The van der Waals surface area contributed by atoms with Gasteiger partial charge in [0.25, 0.3) is 5.91 Å². The molecule has 0 aromatic heterocycles. The highest BCUT2D eigenvalue weighted by Gasteiger charge is 2.19. The number of rotatable bonds is 2. The van der Waals surface area contributed by atoms with Crippen molar-refractivity contribution >= 4 is 11.6 Å². The third kappa shape index (κ3) is 2.14. The van der Waals surface area contributed by atoms with E-state index in [1.165, 1.54) is 4.90 Å². The van der Waals surface area contributed by atoms with Crippen LogP contribution in [0.3, 0.4) is 0 Å². The van der Waals surface area contributed by atoms with Crippen LogP contribution < -0.4 is 14.4 Å².